The van der Waals surface area contributed by atoms with E-state index in [0.29, 0.717) is 74.3 Å². The Morgan fingerprint density at radius 2 is 1.66 bits per heavy atom. The summed E-state index contributed by atoms with van der Waals surface area (Å²) in [6.07, 6.45) is 7.45. The lowest BCUT2D eigenvalue weighted by Crippen LogP contribution is -2.51. The van der Waals surface area contributed by atoms with Crippen LogP contribution >= 0.6 is 0 Å². The quantitative estimate of drug-likeness (QED) is 0.0764. The molecule has 0 spiro atoms. The maximum atomic E-state index is 15.6. The topological polar surface area (TPSA) is 160 Å². The number of hydrogen-bond donors (Lipinski definition) is 2. The number of nitrogens with one attached hydrogen (secondary N) is 2. The molecule has 8 heterocycles. The number of aromatic nitrogens is 7. The molecule has 70 heavy (non-hydrogen) atoms. The maximum Gasteiger partial charge on any atom is 0.284 e. The van der Waals surface area contributed by atoms with E-state index in [2.05, 4.69) is 47.4 Å². The number of hydrogen-bond acceptors (Lipinski definition) is 11. The smallest absolute Gasteiger partial charge is 0.284 e. The summed E-state index contributed by atoms with van der Waals surface area (Å²) in [5, 5.41) is 19.4. The normalized spacial score (nSPS) is 25.3. The minimum absolute atomic E-state index is 0.0509. The fourth-order valence-corrected chi connectivity index (χ4v) is 11.3. The number of carbonyl (C=O) groups is 3. The number of rotatable bonds is 13. The summed E-state index contributed by atoms with van der Waals surface area (Å²) in [7, 11) is 0. The molecule has 16 nitrogen and oxygen atoms in total. The van der Waals surface area contributed by atoms with E-state index in [9.17, 15) is 27.6 Å². The van der Waals surface area contributed by atoms with Crippen LogP contribution in [0.2, 0.25) is 0 Å². The average Bonchev–Trinajstić information content (AvgIpc) is 3.76. The molecule has 370 valence electrons. The van der Waals surface area contributed by atoms with Crippen molar-refractivity contribution in [2.45, 2.75) is 114 Å². The number of nitrogens with zero attached hydrogens (tertiary/aromatic N) is 10. The van der Waals surface area contributed by atoms with Crippen LogP contribution in [0.25, 0.3) is 16.6 Å². The molecule has 5 aromatic rings. The minimum atomic E-state index is -2.91. The first-order valence-corrected chi connectivity index (χ1v) is 25.0. The third-order valence-electron chi connectivity index (χ3n) is 15.3. The van der Waals surface area contributed by atoms with Crippen molar-refractivity contribution in [3.05, 3.63) is 65.4 Å². The van der Waals surface area contributed by atoms with Crippen LogP contribution in [0, 0.1) is 23.7 Å². The Balaban J connectivity index is 0.655. The molecule has 2 N–H and O–H groups in total. The molecule has 20 heteroatoms. The van der Waals surface area contributed by atoms with Gasteiger partial charge in [-0.05, 0) is 88.2 Å². The molecule has 3 amide bonds. The summed E-state index contributed by atoms with van der Waals surface area (Å²) in [5.41, 5.74) is 2.24. The fourth-order valence-electron chi connectivity index (χ4n) is 11.3. The van der Waals surface area contributed by atoms with Gasteiger partial charge in [0, 0.05) is 76.6 Å². The van der Waals surface area contributed by atoms with E-state index in [0.717, 1.165) is 81.2 Å². The van der Waals surface area contributed by atoms with Crippen LogP contribution in [0.3, 0.4) is 0 Å². The molecule has 11 rings (SSSR count). The highest BCUT2D eigenvalue weighted by atomic mass is 19.3. The molecule has 0 bridgehead atoms. The Kier molecular flexibility index (Phi) is 13.1. The van der Waals surface area contributed by atoms with Gasteiger partial charge in [0.1, 0.15) is 30.3 Å². The van der Waals surface area contributed by atoms with E-state index < -0.39 is 42.4 Å². The van der Waals surface area contributed by atoms with Gasteiger partial charge in [0.2, 0.25) is 11.8 Å². The van der Waals surface area contributed by atoms with Crippen LogP contribution in [0.5, 0.6) is 0 Å². The summed E-state index contributed by atoms with van der Waals surface area (Å²) >= 11 is 0. The van der Waals surface area contributed by atoms with E-state index in [-0.39, 0.29) is 54.7 Å². The minimum Gasteiger partial charge on any atom is -0.362 e. The lowest BCUT2D eigenvalue weighted by atomic mass is 9.85. The van der Waals surface area contributed by atoms with E-state index in [1.807, 2.05) is 28.9 Å². The zero-order valence-electron chi connectivity index (χ0n) is 39.0. The average molecular weight is 967 g/mol. The van der Waals surface area contributed by atoms with Gasteiger partial charge in [0.25, 0.3) is 12.3 Å². The van der Waals surface area contributed by atoms with Crippen molar-refractivity contribution in [2.75, 3.05) is 69.2 Å². The van der Waals surface area contributed by atoms with Crippen molar-refractivity contribution in [3.63, 3.8) is 0 Å². The molecule has 4 aliphatic heterocycles. The molecule has 3 atom stereocenters. The fraction of sp³-hybridized carbons (Fsp3) is 0.580. The highest BCUT2D eigenvalue weighted by Crippen LogP contribution is 2.41. The zero-order valence-corrected chi connectivity index (χ0v) is 39.0. The van der Waals surface area contributed by atoms with Gasteiger partial charge in [-0.1, -0.05) is 24.0 Å². The van der Waals surface area contributed by atoms with E-state index in [4.69, 9.17) is 14.8 Å². The Morgan fingerprint density at radius 3 is 2.40 bits per heavy atom. The summed E-state index contributed by atoms with van der Waals surface area (Å²) in [6.45, 7) is 5.25. The summed E-state index contributed by atoms with van der Waals surface area (Å²) in [6, 6.07) is 7.73. The maximum absolute atomic E-state index is 15.6. The van der Waals surface area contributed by atoms with Crippen LogP contribution in [0.1, 0.15) is 122 Å². The highest BCUT2D eigenvalue weighted by molar-refractivity contribution is 6.08. The summed E-state index contributed by atoms with van der Waals surface area (Å²) in [5.74, 6) is 6.14. The van der Waals surface area contributed by atoms with E-state index >= 15 is 4.39 Å². The number of alkyl halides is 4. The molecular formula is C50H58F4N12O4. The molecule has 0 radical (unpaired) electrons. The van der Waals surface area contributed by atoms with Gasteiger partial charge in [-0.3, -0.25) is 38.9 Å². The number of halogens is 4. The number of anilines is 2. The largest absolute Gasteiger partial charge is 0.362 e. The summed E-state index contributed by atoms with van der Waals surface area (Å²) in [4.78, 5) is 49.5. The van der Waals surface area contributed by atoms with Gasteiger partial charge >= 0.3 is 0 Å². The van der Waals surface area contributed by atoms with Gasteiger partial charge < -0.3 is 15.0 Å². The van der Waals surface area contributed by atoms with Crippen molar-refractivity contribution < 1.29 is 36.7 Å². The number of carbonyl (C=O) groups excluding carboxylic acids is 3. The monoisotopic (exact) mass is 966 g/mol. The number of amides is 3. The molecule has 6 aliphatic rings. The van der Waals surface area contributed by atoms with Crippen molar-refractivity contribution in [1.82, 2.24) is 49.3 Å². The Bertz CT molecular complexity index is 2810. The van der Waals surface area contributed by atoms with Crippen molar-refractivity contribution in [2.24, 2.45) is 11.8 Å². The summed E-state index contributed by atoms with van der Waals surface area (Å²) < 4.78 is 68.7. The van der Waals surface area contributed by atoms with Crippen LogP contribution in [-0.2, 0) is 14.3 Å². The highest BCUT2D eigenvalue weighted by Gasteiger charge is 2.37. The SMILES string of the molecule is O=C1CCC(c2nn(C3CC3)c3c(C#CCO[C@@H]4CCN(CC5CCC(n6cc(NC(=O)c7cnn8ccc(N9CCC(CN%10CC(F)C%10)CC9)nc78)c(C(F)F)n6)CC5)C[C@@H]4F)cccc23)C(=O)N1. The van der Waals surface area contributed by atoms with E-state index in [1.54, 1.807) is 10.9 Å². The van der Waals surface area contributed by atoms with Crippen molar-refractivity contribution in [1.29, 1.82) is 0 Å². The molecular weight excluding hydrogens is 909 g/mol. The second kappa shape index (κ2) is 19.7. The van der Waals surface area contributed by atoms with Crippen molar-refractivity contribution in [3.8, 4) is 11.8 Å². The van der Waals surface area contributed by atoms with Crippen LogP contribution in [0.4, 0.5) is 29.1 Å². The number of piperidine rings is 3. The molecule has 1 unspecified atom stereocenters. The number of para-hydroxylation sites is 1. The number of ether oxygens (including phenoxy) is 1. The van der Waals surface area contributed by atoms with Gasteiger partial charge in [-0.25, -0.2) is 27.1 Å². The van der Waals surface area contributed by atoms with Crippen LogP contribution < -0.4 is 15.5 Å². The molecule has 6 fully saturated rings. The molecule has 2 saturated carbocycles. The standard InChI is InChI=1S/C50H58F4N12O4/c51-33-26-62(27-33)25-31-14-19-63(20-15-31)42-17-21-64-48(57-42)38(23-55-64)50(69)56-40-29-65(59-45(40)47(53)54)34-8-6-30(7-9-34)24-61-18-16-41(39(52)28-61)70-22-2-4-32-3-1-5-36-44(37-12-13-43(67)58-49(37)68)60-66(46(32)36)35-10-11-35/h1,3,5,17,21,23,29-31,33-35,37,39,41,47H,6-16,18-20,22,24-28H2,(H,56,69)(H,58,67,68)/t30?,34?,37?,39-,41+/m0/s1. The Labute approximate surface area is 402 Å². The first kappa shape index (κ1) is 46.5. The van der Waals surface area contributed by atoms with Gasteiger partial charge in [-0.15, -0.1) is 0 Å². The first-order chi connectivity index (χ1) is 34.0. The molecule has 4 aromatic heterocycles. The number of likely N-dealkylation sites (tertiary alicyclic amines) is 2. The predicted molar refractivity (Wildman–Crippen MR) is 251 cm³/mol. The Hall–Kier alpha value is -5.91. The number of imide groups is 1. The van der Waals surface area contributed by atoms with Gasteiger partial charge in [0.05, 0.1) is 52.8 Å². The second-order valence-corrected chi connectivity index (χ2v) is 20.2. The third kappa shape index (κ3) is 9.76. The molecule has 4 saturated heterocycles. The zero-order chi connectivity index (χ0) is 48.0. The van der Waals surface area contributed by atoms with Crippen LogP contribution in [0.15, 0.2) is 42.9 Å². The predicted octanol–water partition coefficient (Wildman–Crippen LogP) is 6.40. The van der Waals surface area contributed by atoms with Crippen molar-refractivity contribution >= 4 is 45.8 Å². The lowest BCUT2D eigenvalue weighted by molar-refractivity contribution is -0.134. The number of benzene rings is 1. The van der Waals surface area contributed by atoms with E-state index in [1.165, 1.54) is 16.9 Å². The molecule has 2 aliphatic carbocycles. The van der Waals surface area contributed by atoms with Gasteiger partial charge in [0.15, 0.2) is 11.3 Å². The molecule has 1 aromatic carbocycles. The number of fused-ring (bicyclic) bond motifs is 2. The Morgan fingerprint density at radius 1 is 0.886 bits per heavy atom. The lowest BCUT2D eigenvalue weighted by Gasteiger charge is -2.40. The van der Waals surface area contributed by atoms with Gasteiger partial charge in [-0.2, -0.15) is 15.3 Å². The third-order valence-corrected chi connectivity index (χ3v) is 15.3. The first-order valence-electron chi connectivity index (χ1n) is 25.0. The second-order valence-electron chi connectivity index (χ2n) is 20.2. The van der Waals surface area contributed by atoms with Crippen LogP contribution in [-0.4, -0.2) is 139 Å².